The summed E-state index contributed by atoms with van der Waals surface area (Å²) >= 11 is 0. The molecule has 3 aromatic carbocycles. The summed E-state index contributed by atoms with van der Waals surface area (Å²) in [7, 11) is 1.70. The Morgan fingerprint density at radius 1 is 1.03 bits per heavy atom. The molecule has 0 radical (unpaired) electrons. The van der Waals surface area contributed by atoms with Crippen molar-refractivity contribution in [2.24, 2.45) is 13.0 Å². The molecule has 0 saturated carbocycles. The molecule has 39 heavy (non-hydrogen) atoms. The standard InChI is InChI=1S/C29H27F4N5O/c1-17(2)11-12-34-15-18-13-21(29(31,32)33)26-23(14-18)36-28(39-26)25-22(30)10-9-20(19-7-5-4-6-8-19)24(25)27-37-35-16-38(27)3/h4-10,13-14,16-17,34H,11-12,15H2,1-3H3. The predicted molar refractivity (Wildman–Crippen MR) is 141 cm³/mol. The summed E-state index contributed by atoms with van der Waals surface area (Å²) in [5, 5.41) is 11.3. The number of hydrogen-bond donors (Lipinski definition) is 1. The van der Waals surface area contributed by atoms with Crippen molar-refractivity contribution in [1.29, 1.82) is 0 Å². The van der Waals surface area contributed by atoms with E-state index in [4.69, 9.17) is 4.42 Å². The molecule has 0 spiro atoms. The van der Waals surface area contributed by atoms with Crippen molar-refractivity contribution in [3.63, 3.8) is 0 Å². The van der Waals surface area contributed by atoms with E-state index in [1.54, 1.807) is 23.7 Å². The van der Waals surface area contributed by atoms with E-state index in [0.29, 0.717) is 35.0 Å². The lowest BCUT2D eigenvalue weighted by atomic mass is 9.94. The lowest BCUT2D eigenvalue weighted by Crippen LogP contribution is -2.17. The Kier molecular flexibility index (Phi) is 7.22. The minimum Gasteiger partial charge on any atom is -0.435 e. The van der Waals surface area contributed by atoms with Gasteiger partial charge in [-0.05, 0) is 53.8 Å². The summed E-state index contributed by atoms with van der Waals surface area (Å²) in [5.41, 5.74) is 0.593. The van der Waals surface area contributed by atoms with Crippen LogP contribution in [0, 0.1) is 11.7 Å². The van der Waals surface area contributed by atoms with E-state index < -0.39 is 23.1 Å². The first-order valence-electron chi connectivity index (χ1n) is 12.6. The Labute approximate surface area is 222 Å². The third-order valence-corrected chi connectivity index (χ3v) is 6.47. The van der Waals surface area contributed by atoms with Crippen LogP contribution in [0.4, 0.5) is 17.6 Å². The molecule has 5 rings (SSSR count). The van der Waals surface area contributed by atoms with Crippen molar-refractivity contribution in [2.75, 3.05) is 6.54 Å². The predicted octanol–water partition coefficient (Wildman–Crippen LogP) is 7.25. The van der Waals surface area contributed by atoms with Gasteiger partial charge >= 0.3 is 6.18 Å². The molecule has 6 nitrogen and oxygen atoms in total. The zero-order valence-corrected chi connectivity index (χ0v) is 21.7. The average molecular weight is 538 g/mol. The molecule has 0 aliphatic rings. The van der Waals surface area contributed by atoms with Crippen molar-refractivity contribution in [1.82, 2.24) is 25.1 Å². The van der Waals surface area contributed by atoms with Crippen LogP contribution < -0.4 is 5.32 Å². The highest BCUT2D eigenvalue weighted by Gasteiger charge is 2.36. The number of hydrogen-bond acceptors (Lipinski definition) is 5. The highest BCUT2D eigenvalue weighted by Crippen LogP contribution is 2.43. The molecular formula is C29H27F4N5O. The maximum absolute atomic E-state index is 15.6. The Hall–Kier alpha value is -4.05. The van der Waals surface area contributed by atoms with Crippen LogP contribution in [0.1, 0.15) is 31.4 Å². The number of nitrogens with zero attached hydrogens (tertiary/aromatic N) is 4. The number of nitrogens with one attached hydrogen (secondary N) is 1. The molecule has 202 valence electrons. The lowest BCUT2D eigenvalue weighted by Gasteiger charge is -2.14. The minimum absolute atomic E-state index is 0.00564. The molecule has 0 saturated heterocycles. The van der Waals surface area contributed by atoms with Gasteiger partial charge in [0.25, 0.3) is 0 Å². The molecule has 0 fully saturated rings. The van der Waals surface area contributed by atoms with Crippen LogP contribution in [0.5, 0.6) is 0 Å². The van der Waals surface area contributed by atoms with Crippen molar-refractivity contribution >= 4 is 11.1 Å². The van der Waals surface area contributed by atoms with E-state index in [1.165, 1.54) is 12.4 Å². The highest BCUT2D eigenvalue weighted by atomic mass is 19.4. The van der Waals surface area contributed by atoms with Crippen LogP contribution in [0.2, 0.25) is 0 Å². The lowest BCUT2D eigenvalue weighted by molar-refractivity contribution is -0.136. The number of halogens is 4. The van der Waals surface area contributed by atoms with Crippen molar-refractivity contribution < 1.29 is 22.0 Å². The summed E-state index contributed by atoms with van der Waals surface area (Å²) < 4.78 is 65.3. The number of rotatable bonds is 8. The Morgan fingerprint density at radius 2 is 1.79 bits per heavy atom. The normalized spacial score (nSPS) is 12.1. The van der Waals surface area contributed by atoms with Gasteiger partial charge in [-0.1, -0.05) is 50.2 Å². The monoisotopic (exact) mass is 537 g/mol. The van der Waals surface area contributed by atoms with Crippen LogP contribution in [0.3, 0.4) is 0 Å². The molecule has 0 atom stereocenters. The number of benzene rings is 3. The number of oxazole rings is 1. The smallest absolute Gasteiger partial charge is 0.420 e. The average Bonchev–Trinajstić information content (AvgIpc) is 3.51. The molecule has 10 heteroatoms. The van der Waals surface area contributed by atoms with Gasteiger partial charge in [0.2, 0.25) is 5.89 Å². The quantitative estimate of drug-likeness (QED) is 0.167. The van der Waals surface area contributed by atoms with E-state index >= 15 is 4.39 Å². The number of aryl methyl sites for hydroxylation is 1. The second-order valence-electron chi connectivity index (χ2n) is 9.84. The van der Waals surface area contributed by atoms with Gasteiger partial charge in [0.05, 0.1) is 5.56 Å². The van der Waals surface area contributed by atoms with E-state index in [0.717, 1.165) is 18.1 Å². The third kappa shape index (κ3) is 5.42. The van der Waals surface area contributed by atoms with Crippen LogP contribution in [0.25, 0.3) is 45.1 Å². The molecular weight excluding hydrogens is 510 g/mol. The summed E-state index contributed by atoms with van der Waals surface area (Å²) in [6.45, 7) is 5.05. The maximum atomic E-state index is 15.6. The topological polar surface area (TPSA) is 68.8 Å². The molecule has 0 aliphatic heterocycles. The molecule has 1 N–H and O–H groups in total. The Morgan fingerprint density at radius 3 is 2.46 bits per heavy atom. The molecule has 0 unspecified atom stereocenters. The largest absolute Gasteiger partial charge is 0.435 e. The number of fused-ring (bicyclic) bond motifs is 1. The van der Waals surface area contributed by atoms with Gasteiger partial charge in [0, 0.05) is 19.2 Å². The van der Waals surface area contributed by atoms with Gasteiger partial charge in [-0.15, -0.1) is 10.2 Å². The fraction of sp³-hybridized carbons (Fsp3) is 0.276. The molecule has 2 heterocycles. The van der Waals surface area contributed by atoms with Gasteiger partial charge < -0.3 is 14.3 Å². The Bertz CT molecular complexity index is 1610. The highest BCUT2D eigenvalue weighted by molar-refractivity contribution is 5.92. The second-order valence-corrected chi connectivity index (χ2v) is 9.84. The second kappa shape index (κ2) is 10.6. The fourth-order valence-electron chi connectivity index (χ4n) is 4.52. The van der Waals surface area contributed by atoms with Crippen LogP contribution in [-0.2, 0) is 19.8 Å². The summed E-state index contributed by atoms with van der Waals surface area (Å²) in [4.78, 5) is 4.38. The van der Waals surface area contributed by atoms with Gasteiger partial charge in [-0.2, -0.15) is 13.2 Å². The molecule has 0 bridgehead atoms. The van der Waals surface area contributed by atoms with Crippen LogP contribution in [-0.4, -0.2) is 26.3 Å². The molecule has 2 aromatic heterocycles. The zero-order valence-electron chi connectivity index (χ0n) is 21.7. The summed E-state index contributed by atoms with van der Waals surface area (Å²) in [5.74, 6) is -0.192. The van der Waals surface area contributed by atoms with Crippen molar-refractivity contribution in [3.05, 3.63) is 77.9 Å². The number of alkyl halides is 3. The zero-order chi connectivity index (χ0) is 27.7. The summed E-state index contributed by atoms with van der Waals surface area (Å²) in [6.07, 6.45) is -2.34. The van der Waals surface area contributed by atoms with E-state index in [2.05, 4.69) is 34.3 Å². The van der Waals surface area contributed by atoms with Crippen molar-refractivity contribution in [3.8, 4) is 34.0 Å². The first-order valence-corrected chi connectivity index (χ1v) is 12.6. The van der Waals surface area contributed by atoms with E-state index in [9.17, 15) is 13.2 Å². The molecule has 0 aliphatic carbocycles. The van der Waals surface area contributed by atoms with Crippen molar-refractivity contribution in [2.45, 2.75) is 33.0 Å². The van der Waals surface area contributed by atoms with Gasteiger partial charge in [0.15, 0.2) is 11.4 Å². The summed E-state index contributed by atoms with van der Waals surface area (Å²) in [6, 6.07) is 14.7. The molecule has 0 amide bonds. The minimum atomic E-state index is -4.69. The van der Waals surface area contributed by atoms with Crippen LogP contribution >= 0.6 is 0 Å². The van der Waals surface area contributed by atoms with Crippen LogP contribution in [0.15, 0.2) is 65.3 Å². The number of aromatic nitrogens is 4. The van der Waals surface area contributed by atoms with E-state index in [-0.39, 0.29) is 23.5 Å². The molecule has 5 aromatic rings. The third-order valence-electron chi connectivity index (χ3n) is 6.47. The first-order chi connectivity index (χ1) is 18.6. The fourth-order valence-corrected chi connectivity index (χ4v) is 4.52. The first kappa shape index (κ1) is 26.6. The van der Waals surface area contributed by atoms with E-state index in [1.807, 2.05) is 30.3 Å². The van der Waals surface area contributed by atoms with Gasteiger partial charge in [-0.25, -0.2) is 9.37 Å². The van der Waals surface area contributed by atoms with Gasteiger partial charge in [0.1, 0.15) is 23.2 Å². The Balaban J connectivity index is 1.70. The maximum Gasteiger partial charge on any atom is 0.420 e. The SMILES string of the molecule is CC(C)CCNCc1cc(C(F)(F)F)c2oc(-c3c(F)ccc(-c4ccccc4)c3-c3nncn3C)nc2c1. The van der Waals surface area contributed by atoms with Gasteiger partial charge in [-0.3, -0.25) is 0 Å².